The maximum Gasteiger partial charge on any atom is 0.169 e. The van der Waals surface area contributed by atoms with Crippen molar-refractivity contribution in [1.29, 1.82) is 5.41 Å². The van der Waals surface area contributed by atoms with Crippen LogP contribution in [0.25, 0.3) is 0 Å². The maximum atomic E-state index is 14.4. The van der Waals surface area contributed by atoms with Gasteiger partial charge in [-0.3, -0.25) is 0 Å². The summed E-state index contributed by atoms with van der Waals surface area (Å²) in [5.41, 5.74) is 10.2. The molecule has 23 heavy (non-hydrogen) atoms. The van der Waals surface area contributed by atoms with Crippen LogP contribution < -0.4 is 11.1 Å². The van der Waals surface area contributed by atoms with Gasteiger partial charge in [0, 0.05) is 22.9 Å². The lowest BCUT2D eigenvalue weighted by atomic mass is 10.1. The largest absolute Gasteiger partial charge is 0.383 e. The fraction of sp³-hybridized carbons (Fsp3) is 0.333. The van der Waals surface area contributed by atoms with Gasteiger partial charge in [0.15, 0.2) is 11.6 Å². The number of aryl methyl sites for hydroxylation is 1. The number of pyridine rings is 1. The van der Waals surface area contributed by atoms with Gasteiger partial charge in [-0.15, -0.1) is 0 Å². The van der Waals surface area contributed by atoms with Crippen molar-refractivity contribution in [1.82, 2.24) is 4.98 Å². The molecule has 1 heterocycles. The summed E-state index contributed by atoms with van der Waals surface area (Å²) in [6, 6.07) is 7.38. The molecule has 118 valence electrons. The van der Waals surface area contributed by atoms with E-state index in [1.165, 1.54) is 17.2 Å². The summed E-state index contributed by atoms with van der Waals surface area (Å²) in [6.07, 6.45) is 5.16. The second-order valence-electron chi connectivity index (χ2n) is 6.36. The molecule has 0 radical (unpaired) electrons. The van der Waals surface area contributed by atoms with E-state index in [-0.39, 0.29) is 17.6 Å². The van der Waals surface area contributed by atoms with Gasteiger partial charge in [-0.05, 0) is 55.4 Å². The fourth-order valence-corrected chi connectivity index (χ4v) is 3.26. The second-order valence-corrected chi connectivity index (χ2v) is 6.36. The molecule has 4 rings (SSSR count). The first kappa shape index (κ1) is 14.2. The number of nitrogen functional groups attached to an aromatic ring is 1. The number of benzene rings is 1. The van der Waals surface area contributed by atoms with Crippen LogP contribution in [0, 0.1) is 17.1 Å². The Balaban J connectivity index is 1.66. The minimum atomic E-state index is -0.463. The third kappa shape index (κ3) is 2.56. The molecule has 0 unspecified atom stereocenters. The van der Waals surface area contributed by atoms with E-state index in [1.54, 1.807) is 0 Å². The molecule has 0 spiro atoms. The smallest absolute Gasteiger partial charge is 0.169 e. The van der Waals surface area contributed by atoms with Crippen LogP contribution in [0.1, 0.15) is 36.0 Å². The highest BCUT2D eigenvalue weighted by atomic mass is 19.1. The molecule has 0 atom stereocenters. The predicted molar refractivity (Wildman–Crippen MR) is 89.9 cm³/mol. The molecule has 5 heteroatoms. The van der Waals surface area contributed by atoms with Crippen LogP contribution in [0.2, 0.25) is 0 Å². The van der Waals surface area contributed by atoms with Gasteiger partial charge in [-0.1, -0.05) is 12.1 Å². The first-order chi connectivity index (χ1) is 11.1. The van der Waals surface area contributed by atoms with Crippen molar-refractivity contribution in [2.24, 2.45) is 5.92 Å². The zero-order chi connectivity index (χ0) is 16.0. The average molecular weight is 310 g/mol. The number of nitrogens with two attached hydrogens (primary N) is 1. The number of fused-ring (bicyclic) bond motifs is 1. The van der Waals surface area contributed by atoms with Crippen molar-refractivity contribution in [2.45, 2.75) is 32.1 Å². The Bertz CT molecular complexity index is 796. The Morgan fingerprint density at radius 2 is 2.13 bits per heavy atom. The van der Waals surface area contributed by atoms with E-state index >= 15 is 0 Å². The summed E-state index contributed by atoms with van der Waals surface area (Å²) in [5.74, 6) is 0.110. The summed E-state index contributed by atoms with van der Waals surface area (Å²) < 4.78 is 14.4. The van der Waals surface area contributed by atoms with Crippen molar-refractivity contribution >= 4 is 23.0 Å². The highest BCUT2D eigenvalue weighted by Crippen LogP contribution is 2.35. The molecule has 1 fully saturated rings. The van der Waals surface area contributed by atoms with E-state index in [9.17, 15) is 4.39 Å². The van der Waals surface area contributed by atoms with Crippen LogP contribution in [-0.2, 0) is 12.8 Å². The van der Waals surface area contributed by atoms with Gasteiger partial charge in [-0.25, -0.2) is 9.37 Å². The van der Waals surface area contributed by atoms with Gasteiger partial charge in [0.25, 0.3) is 0 Å². The van der Waals surface area contributed by atoms with E-state index < -0.39 is 5.82 Å². The SMILES string of the molecule is N=C(c1cc(F)c(Nc2cccc3c2CCC3)nc1N)C1CC1. The number of aromatic nitrogens is 1. The van der Waals surface area contributed by atoms with Crippen LogP contribution in [0.5, 0.6) is 0 Å². The Labute approximate surface area is 134 Å². The monoisotopic (exact) mass is 310 g/mol. The molecule has 4 N–H and O–H groups in total. The Hall–Kier alpha value is -2.43. The van der Waals surface area contributed by atoms with Crippen LogP contribution in [-0.4, -0.2) is 10.7 Å². The van der Waals surface area contributed by atoms with Crippen molar-refractivity contribution < 1.29 is 4.39 Å². The number of hydrogen-bond acceptors (Lipinski definition) is 4. The van der Waals surface area contributed by atoms with Gasteiger partial charge in [0.2, 0.25) is 0 Å². The number of nitrogens with one attached hydrogen (secondary N) is 2. The molecule has 2 aliphatic carbocycles. The third-order valence-corrected chi connectivity index (χ3v) is 4.68. The number of halogens is 1. The molecule has 2 aliphatic rings. The average Bonchev–Trinajstić information content (AvgIpc) is 3.27. The van der Waals surface area contributed by atoms with E-state index in [2.05, 4.69) is 16.4 Å². The Morgan fingerprint density at radius 1 is 1.30 bits per heavy atom. The van der Waals surface area contributed by atoms with Gasteiger partial charge >= 0.3 is 0 Å². The molecular formula is C18H19FN4. The van der Waals surface area contributed by atoms with Gasteiger partial charge in [-0.2, -0.15) is 0 Å². The van der Waals surface area contributed by atoms with Crippen LogP contribution >= 0.6 is 0 Å². The van der Waals surface area contributed by atoms with Crippen molar-refractivity contribution in [3.8, 4) is 0 Å². The number of hydrogen-bond donors (Lipinski definition) is 3. The number of nitrogens with zero attached hydrogens (tertiary/aromatic N) is 1. The van der Waals surface area contributed by atoms with Crippen LogP contribution in [0.3, 0.4) is 0 Å². The summed E-state index contributed by atoms with van der Waals surface area (Å²) in [4.78, 5) is 4.18. The molecule has 4 nitrogen and oxygen atoms in total. The summed E-state index contributed by atoms with van der Waals surface area (Å²) >= 11 is 0. The number of anilines is 3. The summed E-state index contributed by atoms with van der Waals surface area (Å²) in [6.45, 7) is 0. The standard InChI is InChI=1S/C18H19FN4/c19-14-9-13(16(20)11-7-8-11)17(21)23-18(14)22-15-6-2-4-10-3-1-5-12(10)15/h2,4,6,9,11,20H,1,3,5,7-8H2,(H3,21,22,23). The lowest BCUT2D eigenvalue weighted by Gasteiger charge is -2.14. The zero-order valence-corrected chi connectivity index (χ0v) is 12.8. The van der Waals surface area contributed by atoms with Gasteiger partial charge in [0.05, 0.1) is 0 Å². The van der Waals surface area contributed by atoms with Gasteiger partial charge in [0.1, 0.15) is 5.82 Å². The predicted octanol–water partition coefficient (Wildman–Crippen LogP) is 3.81. The molecule has 1 aromatic heterocycles. The van der Waals surface area contributed by atoms with E-state index in [4.69, 9.17) is 11.1 Å². The second kappa shape index (κ2) is 5.33. The topological polar surface area (TPSA) is 74.8 Å². The van der Waals surface area contributed by atoms with Crippen LogP contribution in [0.15, 0.2) is 24.3 Å². The number of rotatable bonds is 4. The Morgan fingerprint density at radius 3 is 2.91 bits per heavy atom. The van der Waals surface area contributed by atoms with E-state index in [0.717, 1.165) is 37.8 Å². The molecular weight excluding hydrogens is 291 g/mol. The molecule has 0 amide bonds. The maximum absolute atomic E-state index is 14.4. The molecule has 2 aromatic rings. The fourth-order valence-electron chi connectivity index (χ4n) is 3.26. The lowest BCUT2D eigenvalue weighted by Crippen LogP contribution is -2.10. The first-order valence-corrected chi connectivity index (χ1v) is 8.06. The quantitative estimate of drug-likeness (QED) is 0.752. The first-order valence-electron chi connectivity index (χ1n) is 8.06. The molecule has 0 saturated heterocycles. The summed E-state index contributed by atoms with van der Waals surface area (Å²) in [5, 5.41) is 11.2. The van der Waals surface area contributed by atoms with Gasteiger partial charge < -0.3 is 16.5 Å². The van der Waals surface area contributed by atoms with Crippen molar-refractivity contribution in [3.63, 3.8) is 0 Å². The summed E-state index contributed by atoms with van der Waals surface area (Å²) in [7, 11) is 0. The third-order valence-electron chi connectivity index (χ3n) is 4.68. The Kier molecular flexibility index (Phi) is 3.29. The van der Waals surface area contributed by atoms with Crippen LogP contribution in [0.4, 0.5) is 21.7 Å². The lowest BCUT2D eigenvalue weighted by molar-refractivity contribution is 0.626. The molecule has 1 saturated carbocycles. The molecule has 0 aliphatic heterocycles. The van der Waals surface area contributed by atoms with E-state index in [1.807, 2.05) is 12.1 Å². The highest BCUT2D eigenvalue weighted by molar-refractivity contribution is 6.04. The molecule has 0 bridgehead atoms. The van der Waals surface area contributed by atoms with Crippen molar-refractivity contribution in [2.75, 3.05) is 11.1 Å². The minimum Gasteiger partial charge on any atom is -0.383 e. The van der Waals surface area contributed by atoms with Crippen molar-refractivity contribution in [3.05, 3.63) is 46.8 Å². The zero-order valence-electron chi connectivity index (χ0n) is 12.8. The highest BCUT2D eigenvalue weighted by Gasteiger charge is 2.29. The minimum absolute atomic E-state index is 0.134. The van der Waals surface area contributed by atoms with E-state index in [0.29, 0.717) is 11.3 Å². The molecule has 1 aromatic carbocycles. The normalized spacial score (nSPS) is 16.2.